The number of hydrogen-bond acceptors (Lipinski definition) is 3. The third-order valence-corrected chi connectivity index (χ3v) is 3.06. The first kappa shape index (κ1) is 14.3. The van der Waals surface area contributed by atoms with Crippen LogP contribution >= 0.6 is 15.9 Å². The molecule has 0 amide bonds. The third-order valence-electron chi connectivity index (χ3n) is 2.46. The molecule has 0 aliphatic heterocycles. The molecule has 0 heterocycles. The largest absolute Gasteiger partial charge is 0.503 e. The van der Waals surface area contributed by atoms with Crippen LogP contribution in [-0.4, -0.2) is 37.3 Å². The molecular formula is C13H20BrNO2. The van der Waals surface area contributed by atoms with Gasteiger partial charge in [-0.2, -0.15) is 0 Å². The summed E-state index contributed by atoms with van der Waals surface area (Å²) < 4.78 is 6.09. The van der Waals surface area contributed by atoms with Crippen LogP contribution in [0.25, 0.3) is 0 Å². The van der Waals surface area contributed by atoms with Crippen LogP contribution in [0.1, 0.15) is 18.9 Å². The van der Waals surface area contributed by atoms with Gasteiger partial charge in [0.2, 0.25) is 0 Å². The van der Waals surface area contributed by atoms with Crippen LogP contribution in [0.2, 0.25) is 0 Å². The number of nitrogens with zero attached hydrogens (tertiary/aromatic N) is 1. The molecule has 0 aliphatic carbocycles. The molecule has 0 atom stereocenters. The molecule has 96 valence electrons. The lowest BCUT2D eigenvalue weighted by Gasteiger charge is -2.12. The van der Waals surface area contributed by atoms with E-state index in [0.717, 1.165) is 19.4 Å². The molecule has 0 spiro atoms. The monoisotopic (exact) mass is 301 g/mol. The van der Waals surface area contributed by atoms with Gasteiger partial charge in [-0.3, -0.25) is 0 Å². The summed E-state index contributed by atoms with van der Waals surface area (Å²) in [6.07, 6.45) is 2.08. The average Bonchev–Trinajstić information content (AvgIpc) is 2.25. The van der Waals surface area contributed by atoms with Gasteiger partial charge in [0.05, 0.1) is 11.1 Å². The maximum atomic E-state index is 9.79. The molecule has 0 bridgehead atoms. The highest BCUT2D eigenvalue weighted by molar-refractivity contribution is 9.10. The lowest BCUT2D eigenvalue weighted by molar-refractivity contribution is 0.316. The Kier molecular flexibility index (Phi) is 5.78. The number of phenolic OH excluding ortho intramolecular Hbond substituents is 1. The van der Waals surface area contributed by atoms with Crippen molar-refractivity contribution in [3.63, 3.8) is 0 Å². The second kappa shape index (κ2) is 6.87. The summed E-state index contributed by atoms with van der Waals surface area (Å²) in [4.78, 5) is 2.17. The van der Waals surface area contributed by atoms with Crippen molar-refractivity contribution in [1.82, 2.24) is 4.90 Å². The Morgan fingerprint density at radius 1 is 1.35 bits per heavy atom. The molecule has 17 heavy (non-hydrogen) atoms. The van der Waals surface area contributed by atoms with Gasteiger partial charge in [0, 0.05) is 0 Å². The fourth-order valence-electron chi connectivity index (χ4n) is 1.64. The van der Waals surface area contributed by atoms with Gasteiger partial charge in [0.25, 0.3) is 0 Å². The van der Waals surface area contributed by atoms with Gasteiger partial charge in [-0.25, -0.2) is 0 Å². The van der Waals surface area contributed by atoms with Crippen molar-refractivity contribution in [2.45, 2.75) is 19.8 Å². The second-order valence-corrected chi connectivity index (χ2v) is 5.12. The van der Waals surface area contributed by atoms with E-state index in [1.807, 2.05) is 19.1 Å². The zero-order valence-electron chi connectivity index (χ0n) is 10.7. The Bertz CT molecular complexity index is 367. The van der Waals surface area contributed by atoms with Crippen molar-refractivity contribution in [2.75, 3.05) is 27.2 Å². The summed E-state index contributed by atoms with van der Waals surface area (Å²) in [5.74, 6) is 0.741. The van der Waals surface area contributed by atoms with Gasteiger partial charge in [0.15, 0.2) is 11.5 Å². The van der Waals surface area contributed by atoms with E-state index in [2.05, 4.69) is 34.9 Å². The zero-order valence-corrected chi connectivity index (χ0v) is 12.2. The highest BCUT2D eigenvalue weighted by Crippen LogP contribution is 2.35. The van der Waals surface area contributed by atoms with E-state index in [4.69, 9.17) is 4.74 Å². The third kappa shape index (κ3) is 4.56. The van der Waals surface area contributed by atoms with Crippen LogP contribution in [0, 0.1) is 0 Å². The maximum Gasteiger partial charge on any atom is 0.172 e. The highest BCUT2D eigenvalue weighted by atomic mass is 79.9. The van der Waals surface area contributed by atoms with Crippen LogP contribution < -0.4 is 4.74 Å². The topological polar surface area (TPSA) is 32.7 Å². The summed E-state index contributed by atoms with van der Waals surface area (Å²) in [6, 6.07) is 3.87. The van der Waals surface area contributed by atoms with Crippen LogP contribution in [0.5, 0.6) is 11.5 Å². The van der Waals surface area contributed by atoms with Crippen molar-refractivity contribution >= 4 is 15.9 Å². The van der Waals surface area contributed by atoms with Crippen molar-refractivity contribution in [1.29, 1.82) is 0 Å². The normalized spacial score (nSPS) is 10.9. The number of aryl methyl sites for hydroxylation is 1. The fourth-order valence-corrected chi connectivity index (χ4v) is 2.13. The molecule has 0 aromatic heterocycles. The first-order valence-corrected chi connectivity index (χ1v) is 6.62. The van der Waals surface area contributed by atoms with Gasteiger partial charge in [-0.15, -0.1) is 0 Å². The Labute approximate surface area is 112 Å². The van der Waals surface area contributed by atoms with Gasteiger partial charge in [-0.05, 0) is 74.0 Å². The number of halogens is 1. The van der Waals surface area contributed by atoms with Crippen LogP contribution in [-0.2, 0) is 6.42 Å². The van der Waals surface area contributed by atoms with Crippen molar-refractivity contribution in [2.24, 2.45) is 0 Å². The van der Waals surface area contributed by atoms with E-state index in [1.54, 1.807) is 0 Å². The molecule has 3 nitrogen and oxygen atoms in total. The summed E-state index contributed by atoms with van der Waals surface area (Å²) in [7, 11) is 4.14. The minimum atomic E-state index is 0.184. The van der Waals surface area contributed by atoms with Crippen LogP contribution in [0.15, 0.2) is 16.6 Å². The Hall–Kier alpha value is -0.740. The predicted octanol–water partition coefficient (Wildman–Crippen LogP) is 3.05. The van der Waals surface area contributed by atoms with E-state index < -0.39 is 0 Å². The molecular weight excluding hydrogens is 282 g/mol. The van der Waals surface area contributed by atoms with Crippen LogP contribution in [0.3, 0.4) is 0 Å². The molecule has 0 saturated heterocycles. The number of benzene rings is 1. The standard InChI is InChI=1S/C13H20BrNO2/c1-4-17-12-9-10(6-5-7-15(2)3)8-11(14)13(12)16/h8-9,16H,4-7H2,1-3H3. The average molecular weight is 302 g/mol. The molecule has 1 aromatic rings. The Balaban J connectivity index is 2.72. The second-order valence-electron chi connectivity index (χ2n) is 4.26. The van der Waals surface area contributed by atoms with E-state index in [1.165, 1.54) is 5.56 Å². The number of rotatable bonds is 6. The molecule has 4 heteroatoms. The molecule has 0 aliphatic rings. The molecule has 0 radical (unpaired) electrons. The first-order valence-electron chi connectivity index (χ1n) is 5.83. The van der Waals surface area contributed by atoms with Crippen molar-refractivity contribution in [3.05, 3.63) is 22.2 Å². The number of aromatic hydroxyl groups is 1. The highest BCUT2D eigenvalue weighted by Gasteiger charge is 2.09. The molecule has 1 rings (SSSR count). The predicted molar refractivity (Wildman–Crippen MR) is 73.9 cm³/mol. The lowest BCUT2D eigenvalue weighted by atomic mass is 10.1. The van der Waals surface area contributed by atoms with Crippen molar-refractivity contribution < 1.29 is 9.84 Å². The lowest BCUT2D eigenvalue weighted by Crippen LogP contribution is -2.13. The number of ether oxygens (including phenoxy) is 1. The molecule has 1 aromatic carbocycles. The molecule has 0 fully saturated rings. The zero-order chi connectivity index (χ0) is 12.8. The minimum Gasteiger partial charge on any atom is -0.503 e. The van der Waals surface area contributed by atoms with E-state index >= 15 is 0 Å². The molecule has 1 N–H and O–H groups in total. The molecule has 0 unspecified atom stereocenters. The van der Waals surface area contributed by atoms with E-state index in [0.29, 0.717) is 16.8 Å². The minimum absolute atomic E-state index is 0.184. The summed E-state index contributed by atoms with van der Waals surface area (Å²) in [5, 5.41) is 9.79. The quantitative estimate of drug-likeness (QED) is 0.876. The summed E-state index contributed by atoms with van der Waals surface area (Å²) in [6.45, 7) is 3.52. The van der Waals surface area contributed by atoms with Crippen LogP contribution in [0.4, 0.5) is 0 Å². The van der Waals surface area contributed by atoms with E-state index in [9.17, 15) is 5.11 Å². The SMILES string of the molecule is CCOc1cc(CCCN(C)C)cc(Br)c1O. The summed E-state index contributed by atoms with van der Waals surface area (Å²) >= 11 is 3.35. The number of phenols is 1. The van der Waals surface area contributed by atoms with Gasteiger partial charge in [0.1, 0.15) is 0 Å². The molecule has 0 saturated carbocycles. The van der Waals surface area contributed by atoms with Crippen molar-refractivity contribution in [3.8, 4) is 11.5 Å². The van der Waals surface area contributed by atoms with E-state index in [-0.39, 0.29) is 5.75 Å². The van der Waals surface area contributed by atoms with Gasteiger partial charge < -0.3 is 14.7 Å². The number of hydrogen-bond donors (Lipinski definition) is 1. The smallest absolute Gasteiger partial charge is 0.172 e. The van der Waals surface area contributed by atoms with Gasteiger partial charge >= 0.3 is 0 Å². The Morgan fingerprint density at radius 2 is 2.06 bits per heavy atom. The first-order chi connectivity index (χ1) is 8.04. The fraction of sp³-hybridized carbons (Fsp3) is 0.538. The Morgan fingerprint density at radius 3 is 2.65 bits per heavy atom. The summed E-state index contributed by atoms with van der Waals surface area (Å²) in [5.41, 5.74) is 1.18. The maximum absolute atomic E-state index is 9.79. The van der Waals surface area contributed by atoms with Gasteiger partial charge in [-0.1, -0.05) is 0 Å².